The van der Waals surface area contributed by atoms with Gasteiger partial charge < -0.3 is 15.8 Å². The predicted octanol–water partition coefficient (Wildman–Crippen LogP) is 5.77. The van der Waals surface area contributed by atoms with Gasteiger partial charge in [0, 0.05) is 17.5 Å². The summed E-state index contributed by atoms with van der Waals surface area (Å²) >= 11 is 6.24. The van der Waals surface area contributed by atoms with E-state index in [0.29, 0.717) is 30.0 Å². The Morgan fingerprint density at radius 2 is 1.45 bits per heavy atom. The molecule has 0 saturated heterocycles. The van der Waals surface area contributed by atoms with Crippen LogP contribution in [0.5, 0.6) is 5.75 Å². The van der Waals surface area contributed by atoms with Crippen LogP contribution in [-0.4, -0.2) is 23.2 Å². The lowest BCUT2D eigenvalue weighted by Gasteiger charge is -2.64. The van der Waals surface area contributed by atoms with Crippen molar-refractivity contribution in [2.45, 2.75) is 81.4 Å². The predicted molar refractivity (Wildman–Crippen MR) is 137 cm³/mol. The highest BCUT2D eigenvalue weighted by Crippen LogP contribution is 2.66. The quantitative estimate of drug-likeness (QED) is 0.556. The largest absolute Gasteiger partial charge is 0.490 e. The van der Waals surface area contributed by atoms with Crippen LogP contribution < -0.4 is 15.8 Å². The first kappa shape index (κ1) is 21.6. The van der Waals surface area contributed by atoms with Gasteiger partial charge in [0.05, 0.1) is 4.99 Å². The summed E-state index contributed by atoms with van der Waals surface area (Å²) in [6, 6.07) is 22.6. The Balaban J connectivity index is 1.29. The molecule has 2 atom stereocenters. The molecule has 0 radical (unpaired) electrons. The molecule has 5 fully saturated rings. The number of nitrogens with one attached hydrogen (secondary N) is 1. The number of nitrogens with two attached hydrogens (primary N) is 1. The van der Waals surface area contributed by atoms with E-state index in [4.69, 9.17) is 22.7 Å². The van der Waals surface area contributed by atoms with Gasteiger partial charge in [-0.3, -0.25) is 0 Å². The number of hydrogen-bond donors (Lipinski definition) is 2. The van der Waals surface area contributed by atoms with Gasteiger partial charge in [-0.1, -0.05) is 60.7 Å². The Labute approximate surface area is 203 Å². The van der Waals surface area contributed by atoms with Crippen molar-refractivity contribution in [3.8, 4) is 5.75 Å². The second kappa shape index (κ2) is 8.39. The SMILES string of the molecule is N[C@H]1CC[C@H](NC(=S)C23CC4CC(c5ccccc5)(CC(C2)C4Oc2ccccc2)C3)CC1. The van der Waals surface area contributed by atoms with Crippen LogP contribution in [0.25, 0.3) is 0 Å². The molecule has 0 aromatic heterocycles. The highest BCUT2D eigenvalue weighted by molar-refractivity contribution is 7.80. The van der Waals surface area contributed by atoms with E-state index in [9.17, 15) is 0 Å². The van der Waals surface area contributed by atoms with Crippen LogP contribution >= 0.6 is 12.2 Å². The molecule has 7 rings (SSSR count). The Kier molecular flexibility index (Phi) is 5.49. The molecule has 0 spiro atoms. The Morgan fingerprint density at radius 1 is 0.848 bits per heavy atom. The first-order valence-electron chi connectivity index (χ1n) is 12.9. The summed E-state index contributed by atoms with van der Waals surface area (Å²) in [6.45, 7) is 0. The fourth-order valence-electron chi connectivity index (χ4n) is 7.95. The van der Waals surface area contributed by atoms with Crippen molar-refractivity contribution in [3.63, 3.8) is 0 Å². The number of ether oxygens (including phenoxy) is 1. The third-order valence-electron chi connectivity index (χ3n) is 9.21. The van der Waals surface area contributed by atoms with Crippen LogP contribution in [0.2, 0.25) is 0 Å². The summed E-state index contributed by atoms with van der Waals surface area (Å²) in [4.78, 5) is 1.14. The fourth-order valence-corrected chi connectivity index (χ4v) is 8.36. The standard InChI is InChI=1S/C29H36N2OS/c30-23-11-13-24(14-12-23)31-27(33)29-17-20-15-28(19-29,22-7-3-1-4-8-22)16-21(18-29)26(20)32-25-9-5-2-6-10-25/h1-10,20-21,23-24,26H,11-19,30H2,(H,31,33)/t20?,21?,23-,24-,26?,28?,29?. The third-order valence-corrected chi connectivity index (χ3v) is 9.76. The molecule has 2 aromatic rings. The molecule has 3 nitrogen and oxygen atoms in total. The summed E-state index contributed by atoms with van der Waals surface area (Å²) in [5.74, 6) is 2.11. The van der Waals surface area contributed by atoms with Gasteiger partial charge in [0.2, 0.25) is 0 Å². The van der Waals surface area contributed by atoms with Crippen LogP contribution in [0.3, 0.4) is 0 Å². The number of thiocarbonyl (C=S) groups is 1. The van der Waals surface area contributed by atoms with Crippen molar-refractivity contribution in [2.75, 3.05) is 0 Å². The maximum Gasteiger partial charge on any atom is 0.119 e. The van der Waals surface area contributed by atoms with E-state index in [1.54, 1.807) is 0 Å². The minimum atomic E-state index is 0.104. The minimum Gasteiger partial charge on any atom is -0.490 e. The number of hydrogen-bond acceptors (Lipinski definition) is 3. The molecule has 0 heterocycles. The second-order valence-electron chi connectivity index (χ2n) is 11.4. The van der Waals surface area contributed by atoms with E-state index < -0.39 is 0 Å². The van der Waals surface area contributed by atoms with Crippen molar-refractivity contribution < 1.29 is 4.74 Å². The zero-order chi connectivity index (χ0) is 22.5. The molecule has 0 amide bonds. The van der Waals surface area contributed by atoms with Crippen LogP contribution in [-0.2, 0) is 5.41 Å². The van der Waals surface area contributed by atoms with E-state index in [1.165, 1.54) is 24.8 Å². The van der Waals surface area contributed by atoms with Crippen molar-refractivity contribution in [1.82, 2.24) is 5.32 Å². The molecule has 5 saturated carbocycles. The van der Waals surface area contributed by atoms with E-state index in [1.807, 2.05) is 0 Å². The molecule has 5 aliphatic rings. The lowest BCUT2D eigenvalue weighted by molar-refractivity contribution is -0.113. The lowest BCUT2D eigenvalue weighted by atomic mass is 9.42. The highest BCUT2D eigenvalue weighted by atomic mass is 32.1. The topological polar surface area (TPSA) is 47.3 Å². The van der Waals surface area contributed by atoms with Gasteiger partial charge in [-0.15, -0.1) is 0 Å². The van der Waals surface area contributed by atoms with E-state index in [2.05, 4.69) is 66.0 Å². The van der Waals surface area contributed by atoms with Crippen molar-refractivity contribution >= 4 is 17.2 Å². The molecule has 174 valence electrons. The zero-order valence-electron chi connectivity index (χ0n) is 19.4. The van der Waals surface area contributed by atoms with Gasteiger partial charge in [0.1, 0.15) is 11.9 Å². The summed E-state index contributed by atoms with van der Waals surface area (Å²) in [5, 5.41) is 3.86. The van der Waals surface area contributed by atoms with Crippen LogP contribution in [0.1, 0.15) is 63.4 Å². The lowest BCUT2D eigenvalue weighted by Crippen LogP contribution is -2.64. The number of benzene rings is 2. The molecule has 0 aliphatic heterocycles. The monoisotopic (exact) mass is 460 g/mol. The van der Waals surface area contributed by atoms with Gasteiger partial charge in [0.25, 0.3) is 0 Å². The molecule has 2 unspecified atom stereocenters. The van der Waals surface area contributed by atoms with Crippen molar-refractivity contribution in [1.29, 1.82) is 0 Å². The molecular weight excluding hydrogens is 424 g/mol. The van der Waals surface area contributed by atoms with E-state index >= 15 is 0 Å². The smallest absolute Gasteiger partial charge is 0.119 e. The van der Waals surface area contributed by atoms with Gasteiger partial charge in [0.15, 0.2) is 0 Å². The van der Waals surface area contributed by atoms with Crippen LogP contribution in [0.15, 0.2) is 60.7 Å². The molecule has 4 heteroatoms. The third kappa shape index (κ3) is 3.89. The van der Waals surface area contributed by atoms with Crippen LogP contribution in [0, 0.1) is 17.3 Å². The summed E-state index contributed by atoms with van der Waals surface area (Å²) in [7, 11) is 0. The summed E-state index contributed by atoms with van der Waals surface area (Å²) in [5.41, 5.74) is 8.00. The summed E-state index contributed by atoms with van der Waals surface area (Å²) < 4.78 is 6.68. The average molecular weight is 461 g/mol. The van der Waals surface area contributed by atoms with E-state index in [0.717, 1.165) is 49.3 Å². The summed E-state index contributed by atoms with van der Waals surface area (Å²) in [6.07, 6.45) is 10.8. The van der Waals surface area contributed by atoms with Gasteiger partial charge in [-0.25, -0.2) is 0 Å². The average Bonchev–Trinajstić information content (AvgIpc) is 2.84. The maximum atomic E-state index is 6.68. The van der Waals surface area contributed by atoms with E-state index in [-0.39, 0.29) is 10.8 Å². The fraction of sp³-hybridized carbons (Fsp3) is 0.552. The zero-order valence-corrected chi connectivity index (χ0v) is 20.2. The van der Waals surface area contributed by atoms with Crippen molar-refractivity contribution in [3.05, 3.63) is 66.2 Å². The van der Waals surface area contributed by atoms with Crippen molar-refractivity contribution in [2.24, 2.45) is 23.0 Å². The molecule has 2 aromatic carbocycles. The molecule has 5 aliphatic carbocycles. The molecular formula is C29H36N2OS. The Bertz CT molecular complexity index is 969. The molecule has 3 N–H and O–H groups in total. The minimum absolute atomic E-state index is 0.104. The molecule has 4 bridgehead atoms. The van der Waals surface area contributed by atoms with Crippen LogP contribution in [0.4, 0.5) is 0 Å². The first-order valence-corrected chi connectivity index (χ1v) is 13.3. The Morgan fingerprint density at radius 3 is 2.09 bits per heavy atom. The highest BCUT2D eigenvalue weighted by Gasteiger charge is 2.63. The number of rotatable bonds is 5. The Hall–Kier alpha value is -1.91. The first-order chi connectivity index (χ1) is 16.1. The van der Waals surface area contributed by atoms with Gasteiger partial charge in [-0.2, -0.15) is 0 Å². The normalized spacial score (nSPS) is 39.2. The number of para-hydroxylation sites is 1. The van der Waals surface area contributed by atoms with Gasteiger partial charge >= 0.3 is 0 Å². The van der Waals surface area contributed by atoms with Gasteiger partial charge in [-0.05, 0) is 92.7 Å². The maximum absolute atomic E-state index is 6.68. The second-order valence-corrected chi connectivity index (χ2v) is 11.8. The molecule has 33 heavy (non-hydrogen) atoms.